The average Bonchev–Trinajstić information content (AvgIpc) is 2.80. The first kappa shape index (κ1) is 13.6. The molecule has 0 aliphatic heterocycles. The first-order chi connectivity index (χ1) is 10.1. The highest BCUT2D eigenvalue weighted by atomic mass is 35.5. The quantitative estimate of drug-likeness (QED) is 0.801. The Kier molecular flexibility index (Phi) is 3.39. The SMILES string of the molecule is Cc1cccc(-c2nc3ccccc3n2CC(=O)O)c1Cl. The highest BCUT2D eigenvalue weighted by Crippen LogP contribution is 2.32. The molecule has 1 aromatic heterocycles. The van der Waals surface area contributed by atoms with Gasteiger partial charge in [0.2, 0.25) is 0 Å². The second-order valence-electron chi connectivity index (χ2n) is 4.84. The number of aryl methyl sites for hydroxylation is 1. The number of halogens is 1. The molecule has 0 amide bonds. The van der Waals surface area contributed by atoms with E-state index >= 15 is 0 Å². The van der Waals surface area contributed by atoms with Gasteiger partial charge in [-0.2, -0.15) is 0 Å². The van der Waals surface area contributed by atoms with Crippen molar-refractivity contribution >= 4 is 28.6 Å². The fourth-order valence-corrected chi connectivity index (χ4v) is 2.61. The third kappa shape index (κ3) is 2.38. The van der Waals surface area contributed by atoms with E-state index in [2.05, 4.69) is 4.98 Å². The lowest BCUT2D eigenvalue weighted by Crippen LogP contribution is -2.10. The summed E-state index contributed by atoms with van der Waals surface area (Å²) < 4.78 is 1.68. The third-order valence-corrected chi connectivity index (χ3v) is 3.88. The number of aliphatic carboxylic acids is 1. The van der Waals surface area contributed by atoms with Crippen molar-refractivity contribution in [1.82, 2.24) is 9.55 Å². The Bertz CT molecular complexity index is 839. The number of fused-ring (bicyclic) bond motifs is 1. The summed E-state index contributed by atoms with van der Waals surface area (Å²) in [4.78, 5) is 15.7. The molecule has 2 aromatic carbocycles. The number of imidazole rings is 1. The maximum Gasteiger partial charge on any atom is 0.323 e. The number of carboxylic acids is 1. The van der Waals surface area contributed by atoms with E-state index < -0.39 is 5.97 Å². The minimum atomic E-state index is -0.914. The Morgan fingerprint density at radius 3 is 2.76 bits per heavy atom. The number of carbonyl (C=O) groups is 1. The molecule has 0 aliphatic carbocycles. The van der Waals surface area contributed by atoms with E-state index in [1.54, 1.807) is 4.57 Å². The van der Waals surface area contributed by atoms with Gasteiger partial charge in [0.25, 0.3) is 0 Å². The van der Waals surface area contributed by atoms with Crippen LogP contribution in [-0.2, 0) is 11.3 Å². The van der Waals surface area contributed by atoms with Crippen molar-refractivity contribution in [2.45, 2.75) is 13.5 Å². The normalized spacial score (nSPS) is 11.0. The Balaban J connectivity index is 2.31. The van der Waals surface area contributed by atoms with Crippen molar-refractivity contribution in [3.05, 3.63) is 53.1 Å². The van der Waals surface area contributed by atoms with E-state index in [4.69, 9.17) is 16.7 Å². The van der Waals surface area contributed by atoms with Gasteiger partial charge in [-0.3, -0.25) is 4.79 Å². The smallest absolute Gasteiger partial charge is 0.323 e. The number of para-hydroxylation sites is 2. The van der Waals surface area contributed by atoms with E-state index in [0.29, 0.717) is 10.8 Å². The predicted molar refractivity (Wildman–Crippen MR) is 82.6 cm³/mol. The molecule has 0 spiro atoms. The fraction of sp³-hybridized carbons (Fsp3) is 0.125. The lowest BCUT2D eigenvalue weighted by atomic mass is 10.1. The third-order valence-electron chi connectivity index (χ3n) is 3.38. The molecule has 21 heavy (non-hydrogen) atoms. The van der Waals surface area contributed by atoms with Gasteiger partial charge in [0.05, 0.1) is 16.1 Å². The second kappa shape index (κ2) is 5.22. The summed E-state index contributed by atoms with van der Waals surface area (Å²) in [5, 5.41) is 9.76. The summed E-state index contributed by atoms with van der Waals surface area (Å²) in [6.07, 6.45) is 0. The molecule has 106 valence electrons. The van der Waals surface area contributed by atoms with Crippen LogP contribution in [0.3, 0.4) is 0 Å². The van der Waals surface area contributed by atoms with Gasteiger partial charge in [-0.05, 0) is 30.7 Å². The highest BCUT2D eigenvalue weighted by molar-refractivity contribution is 6.34. The fourth-order valence-electron chi connectivity index (χ4n) is 2.40. The van der Waals surface area contributed by atoms with Crippen LogP contribution >= 0.6 is 11.6 Å². The van der Waals surface area contributed by atoms with Crippen LogP contribution in [0.2, 0.25) is 5.02 Å². The van der Waals surface area contributed by atoms with E-state index in [1.165, 1.54) is 0 Å². The molecule has 0 bridgehead atoms. The molecule has 0 saturated heterocycles. The molecule has 0 atom stereocenters. The summed E-state index contributed by atoms with van der Waals surface area (Å²) >= 11 is 6.36. The zero-order valence-electron chi connectivity index (χ0n) is 11.4. The second-order valence-corrected chi connectivity index (χ2v) is 5.22. The summed E-state index contributed by atoms with van der Waals surface area (Å²) in [6, 6.07) is 13.1. The van der Waals surface area contributed by atoms with Gasteiger partial charge in [-0.1, -0.05) is 35.9 Å². The minimum Gasteiger partial charge on any atom is -0.480 e. The van der Waals surface area contributed by atoms with E-state index in [9.17, 15) is 4.79 Å². The molecule has 0 unspecified atom stereocenters. The molecule has 1 N–H and O–H groups in total. The highest BCUT2D eigenvalue weighted by Gasteiger charge is 2.17. The average molecular weight is 301 g/mol. The summed E-state index contributed by atoms with van der Waals surface area (Å²) in [7, 11) is 0. The van der Waals surface area contributed by atoms with E-state index in [1.807, 2.05) is 49.4 Å². The number of hydrogen-bond donors (Lipinski definition) is 1. The van der Waals surface area contributed by atoms with Crippen LogP contribution < -0.4 is 0 Å². The van der Waals surface area contributed by atoms with E-state index in [-0.39, 0.29) is 6.54 Å². The Hall–Kier alpha value is -2.33. The zero-order valence-corrected chi connectivity index (χ0v) is 12.1. The number of benzene rings is 2. The monoisotopic (exact) mass is 300 g/mol. The van der Waals surface area contributed by atoms with Gasteiger partial charge in [-0.15, -0.1) is 0 Å². The molecule has 5 heteroatoms. The maximum atomic E-state index is 11.2. The molecule has 0 aliphatic rings. The first-order valence-corrected chi connectivity index (χ1v) is 6.88. The lowest BCUT2D eigenvalue weighted by Gasteiger charge is -2.09. The molecule has 0 radical (unpaired) electrons. The molecule has 0 fully saturated rings. The molecule has 3 aromatic rings. The van der Waals surface area contributed by atoms with Gasteiger partial charge in [0, 0.05) is 5.56 Å². The van der Waals surface area contributed by atoms with Gasteiger partial charge in [0.1, 0.15) is 12.4 Å². The Labute approximate surface area is 126 Å². The van der Waals surface area contributed by atoms with Gasteiger partial charge >= 0.3 is 5.97 Å². The molecule has 1 heterocycles. The summed E-state index contributed by atoms with van der Waals surface area (Å²) in [5.41, 5.74) is 3.22. The number of carboxylic acid groups (broad SMARTS) is 1. The standard InChI is InChI=1S/C16H13ClN2O2/c1-10-5-4-6-11(15(10)17)16-18-12-7-2-3-8-13(12)19(16)9-14(20)21/h2-8H,9H2,1H3,(H,20,21). The van der Waals surface area contributed by atoms with Crippen LogP contribution in [-0.4, -0.2) is 20.6 Å². The molecule has 3 rings (SSSR count). The summed E-state index contributed by atoms with van der Waals surface area (Å²) in [6.45, 7) is 1.76. The topological polar surface area (TPSA) is 55.1 Å². The van der Waals surface area contributed by atoms with Crippen LogP contribution in [0.25, 0.3) is 22.4 Å². The van der Waals surface area contributed by atoms with E-state index in [0.717, 1.165) is 22.2 Å². The van der Waals surface area contributed by atoms with Crippen molar-refractivity contribution < 1.29 is 9.90 Å². The van der Waals surface area contributed by atoms with Gasteiger partial charge in [0.15, 0.2) is 0 Å². The van der Waals surface area contributed by atoms with Crippen LogP contribution in [0.4, 0.5) is 0 Å². The summed E-state index contributed by atoms with van der Waals surface area (Å²) in [5.74, 6) is -0.338. The van der Waals surface area contributed by atoms with Crippen molar-refractivity contribution in [1.29, 1.82) is 0 Å². The zero-order chi connectivity index (χ0) is 15.0. The number of hydrogen-bond acceptors (Lipinski definition) is 2. The Morgan fingerprint density at radius 1 is 1.24 bits per heavy atom. The number of rotatable bonds is 3. The largest absolute Gasteiger partial charge is 0.480 e. The van der Waals surface area contributed by atoms with Crippen molar-refractivity contribution in [2.75, 3.05) is 0 Å². The Morgan fingerprint density at radius 2 is 2.00 bits per heavy atom. The van der Waals surface area contributed by atoms with Crippen LogP contribution in [0.15, 0.2) is 42.5 Å². The predicted octanol–water partition coefficient (Wildman–Crippen LogP) is 3.75. The number of nitrogens with zero attached hydrogens (tertiary/aromatic N) is 2. The molecular weight excluding hydrogens is 288 g/mol. The lowest BCUT2D eigenvalue weighted by molar-refractivity contribution is -0.137. The number of aromatic nitrogens is 2. The van der Waals surface area contributed by atoms with Crippen LogP contribution in [0, 0.1) is 6.92 Å². The maximum absolute atomic E-state index is 11.2. The minimum absolute atomic E-state index is 0.153. The van der Waals surface area contributed by atoms with Crippen LogP contribution in [0.1, 0.15) is 5.56 Å². The van der Waals surface area contributed by atoms with Gasteiger partial charge in [-0.25, -0.2) is 4.98 Å². The van der Waals surface area contributed by atoms with Gasteiger partial charge < -0.3 is 9.67 Å². The molecule has 4 nitrogen and oxygen atoms in total. The van der Waals surface area contributed by atoms with Crippen molar-refractivity contribution in [3.63, 3.8) is 0 Å². The molecule has 0 saturated carbocycles. The van der Waals surface area contributed by atoms with Crippen molar-refractivity contribution in [2.24, 2.45) is 0 Å². The van der Waals surface area contributed by atoms with Crippen molar-refractivity contribution in [3.8, 4) is 11.4 Å². The first-order valence-electron chi connectivity index (χ1n) is 6.50. The molecular formula is C16H13ClN2O2. The van der Waals surface area contributed by atoms with Crippen LogP contribution in [0.5, 0.6) is 0 Å².